The molecule has 0 saturated carbocycles. The second kappa shape index (κ2) is 3.24. The fourth-order valence-corrected chi connectivity index (χ4v) is 2.19. The lowest BCUT2D eigenvalue weighted by atomic mass is 9.91. The summed E-state index contributed by atoms with van der Waals surface area (Å²) in [6.45, 7) is 5.98. The van der Waals surface area contributed by atoms with Crippen LogP contribution in [0, 0.1) is 5.82 Å². The first-order valence-corrected chi connectivity index (χ1v) is 5.24. The third-order valence-corrected chi connectivity index (χ3v) is 2.72. The quantitative estimate of drug-likeness (QED) is 0.702. The van der Waals surface area contributed by atoms with Crippen molar-refractivity contribution in [2.75, 3.05) is 5.32 Å². The monoisotopic (exact) mass is 225 g/mol. The molecule has 1 N–H and O–H groups in total. The first kappa shape index (κ1) is 10.5. The molecule has 15 heavy (non-hydrogen) atoms. The maximum Gasteiger partial charge on any atom is 0.148 e. The van der Waals surface area contributed by atoms with Crippen LogP contribution in [0.15, 0.2) is 18.2 Å². The van der Waals surface area contributed by atoms with Gasteiger partial charge in [-0.3, -0.25) is 0 Å². The molecule has 0 amide bonds. The number of rotatable bonds is 0. The minimum atomic E-state index is -0.293. The summed E-state index contributed by atoms with van der Waals surface area (Å²) >= 11 is 5.82. The number of nitrogens with one attached hydrogen (secondary N) is 1. The van der Waals surface area contributed by atoms with Crippen molar-refractivity contribution in [3.8, 4) is 0 Å². The molecule has 80 valence electrons. The van der Waals surface area contributed by atoms with Crippen LogP contribution in [0.4, 0.5) is 10.1 Å². The van der Waals surface area contributed by atoms with E-state index in [1.165, 1.54) is 6.07 Å². The molecule has 0 radical (unpaired) electrons. The smallest absolute Gasteiger partial charge is 0.148 e. The van der Waals surface area contributed by atoms with Crippen molar-refractivity contribution < 1.29 is 4.39 Å². The van der Waals surface area contributed by atoms with Crippen LogP contribution in [-0.2, 0) is 0 Å². The van der Waals surface area contributed by atoms with Gasteiger partial charge in [0.2, 0.25) is 0 Å². The number of allylic oxidation sites excluding steroid dienone is 1. The van der Waals surface area contributed by atoms with E-state index in [2.05, 4.69) is 11.4 Å². The van der Waals surface area contributed by atoms with Crippen LogP contribution in [0.1, 0.15) is 26.3 Å². The van der Waals surface area contributed by atoms with Gasteiger partial charge in [-0.1, -0.05) is 17.7 Å². The van der Waals surface area contributed by atoms with Crippen molar-refractivity contribution in [3.63, 3.8) is 0 Å². The topological polar surface area (TPSA) is 12.0 Å². The average Bonchev–Trinajstić information content (AvgIpc) is 2.06. The molecule has 0 aliphatic carbocycles. The summed E-state index contributed by atoms with van der Waals surface area (Å²) in [5.74, 6) is -0.293. The molecule has 1 heterocycles. The fourth-order valence-electron chi connectivity index (χ4n) is 1.99. The Hall–Kier alpha value is -1.02. The largest absolute Gasteiger partial charge is 0.374 e. The van der Waals surface area contributed by atoms with Crippen LogP contribution in [0.5, 0.6) is 0 Å². The van der Waals surface area contributed by atoms with Crippen LogP contribution in [0.25, 0.3) is 5.57 Å². The highest BCUT2D eigenvalue weighted by Crippen LogP contribution is 2.36. The van der Waals surface area contributed by atoms with Gasteiger partial charge < -0.3 is 5.32 Å². The molecule has 1 nitrogen and oxygen atoms in total. The lowest BCUT2D eigenvalue weighted by Crippen LogP contribution is -2.32. The van der Waals surface area contributed by atoms with Crippen molar-refractivity contribution in [1.29, 1.82) is 0 Å². The van der Waals surface area contributed by atoms with Gasteiger partial charge >= 0.3 is 0 Å². The highest BCUT2D eigenvalue weighted by Gasteiger charge is 2.25. The van der Waals surface area contributed by atoms with Crippen molar-refractivity contribution in [2.45, 2.75) is 26.3 Å². The summed E-state index contributed by atoms with van der Waals surface area (Å²) in [5, 5.41) is 3.58. The molecule has 0 bridgehead atoms. The van der Waals surface area contributed by atoms with Crippen LogP contribution >= 0.6 is 11.6 Å². The second-order valence-corrected chi connectivity index (χ2v) is 4.92. The fraction of sp³-hybridized carbons (Fsp3) is 0.333. The Morgan fingerprint density at radius 3 is 2.67 bits per heavy atom. The molecule has 0 fully saturated rings. The average molecular weight is 226 g/mol. The van der Waals surface area contributed by atoms with E-state index in [0.29, 0.717) is 10.7 Å². The number of halogens is 2. The van der Waals surface area contributed by atoms with E-state index < -0.39 is 0 Å². The molecule has 3 heteroatoms. The maximum absolute atomic E-state index is 13.7. The van der Waals surface area contributed by atoms with Gasteiger partial charge in [0.15, 0.2) is 0 Å². The maximum atomic E-state index is 13.7. The standard InChI is InChI=1S/C12H13ClFN/c1-7-6-12(2,3)15-11-9(7)4-8(13)5-10(11)14/h4-6,15H,1-3H3. The molecule has 1 aliphatic heterocycles. The Balaban J connectivity index is 2.65. The van der Waals surface area contributed by atoms with E-state index in [1.54, 1.807) is 6.07 Å². The van der Waals surface area contributed by atoms with Crippen molar-refractivity contribution >= 4 is 22.9 Å². The van der Waals surface area contributed by atoms with Gasteiger partial charge in [-0.15, -0.1) is 0 Å². The molecule has 0 spiro atoms. The Kier molecular flexibility index (Phi) is 2.27. The summed E-state index contributed by atoms with van der Waals surface area (Å²) < 4.78 is 13.7. The lowest BCUT2D eigenvalue weighted by Gasteiger charge is -2.31. The minimum absolute atomic E-state index is 0.217. The van der Waals surface area contributed by atoms with E-state index >= 15 is 0 Å². The Labute approximate surface area is 93.9 Å². The summed E-state index contributed by atoms with van der Waals surface area (Å²) in [6.07, 6.45) is 2.07. The van der Waals surface area contributed by atoms with Gasteiger partial charge in [-0.2, -0.15) is 0 Å². The van der Waals surface area contributed by atoms with Crippen molar-refractivity contribution in [3.05, 3.63) is 34.6 Å². The summed E-state index contributed by atoms with van der Waals surface area (Å²) in [6, 6.07) is 3.12. The third-order valence-electron chi connectivity index (χ3n) is 2.50. The summed E-state index contributed by atoms with van der Waals surface area (Å²) in [7, 11) is 0. The Bertz CT molecular complexity index is 449. The molecule has 0 unspecified atom stereocenters. The van der Waals surface area contributed by atoms with Gasteiger partial charge in [0, 0.05) is 10.6 Å². The van der Waals surface area contributed by atoms with Gasteiger partial charge in [0.25, 0.3) is 0 Å². The Morgan fingerprint density at radius 1 is 1.33 bits per heavy atom. The number of anilines is 1. The van der Waals surface area contributed by atoms with Gasteiger partial charge in [-0.25, -0.2) is 4.39 Å². The molecule has 2 rings (SSSR count). The van der Waals surface area contributed by atoms with Gasteiger partial charge in [-0.05, 0) is 38.5 Å². The van der Waals surface area contributed by atoms with E-state index in [4.69, 9.17) is 11.6 Å². The van der Waals surface area contributed by atoms with Crippen molar-refractivity contribution in [2.24, 2.45) is 0 Å². The molecule has 1 aromatic carbocycles. The normalized spacial score (nSPS) is 17.8. The molecule has 1 aromatic rings. The number of hydrogen-bond donors (Lipinski definition) is 1. The van der Waals surface area contributed by atoms with Crippen LogP contribution < -0.4 is 5.32 Å². The summed E-state index contributed by atoms with van der Waals surface area (Å²) in [5.41, 5.74) is 2.23. The molecule has 0 saturated heterocycles. The first-order valence-electron chi connectivity index (χ1n) is 4.86. The highest BCUT2D eigenvalue weighted by molar-refractivity contribution is 6.30. The van der Waals surface area contributed by atoms with Crippen LogP contribution in [0.3, 0.4) is 0 Å². The van der Waals surface area contributed by atoms with E-state index in [-0.39, 0.29) is 11.4 Å². The highest BCUT2D eigenvalue weighted by atomic mass is 35.5. The number of fused-ring (bicyclic) bond motifs is 1. The van der Waals surface area contributed by atoms with E-state index in [1.807, 2.05) is 20.8 Å². The SMILES string of the molecule is CC1=CC(C)(C)Nc2c(F)cc(Cl)cc21. The molecular formula is C12H13ClFN. The summed E-state index contributed by atoms with van der Waals surface area (Å²) in [4.78, 5) is 0. The number of hydrogen-bond acceptors (Lipinski definition) is 1. The zero-order valence-electron chi connectivity index (χ0n) is 8.99. The van der Waals surface area contributed by atoms with Gasteiger partial charge in [0.05, 0.1) is 11.2 Å². The van der Waals surface area contributed by atoms with Crippen molar-refractivity contribution in [1.82, 2.24) is 0 Å². The van der Waals surface area contributed by atoms with Crippen LogP contribution in [0.2, 0.25) is 5.02 Å². The zero-order valence-corrected chi connectivity index (χ0v) is 9.74. The predicted molar refractivity (Wildman–Crippen MR) is 62.8 cm³/mol. The molecular weight excluding hydrogens is 213 g/mol. The molecule has 1 aliphatic rings. The Morgan fingerprint density at radius 2 is 2.00 bits per heavy atom. The third kappa shape index (κ3) is 1.86. The lowest BCUT2D eigenvalue weighted by molar-refractivity contribution is 0.615. The minimum Gasteiger partial charge on any atom is -0.374 e. The number of benzene rings is 1. The second-order valence-electron chi connectivity index (χ2n) is 4.48. The molecule has 0 aromatic heterocycles. The molecule has 0 atom stereocenters. The predicted octanol–water partition coefficient (Wildman–Crippen LogP) is 4.09. The van der Waals surface area contributed by atoms with E-state index in [9.17, 15) is 4.39 Å². The van der Waals surface area contributed by atoms with Crippen LogP contribution in [-0.4, -0.2) is 5.54 Å². The van der Waals surface area contributed by atoms with E-state index in [0.717, 1.165) is 11.1 Å². The first-order chi connectivity index (χ1) is 6.89. The zero-order chi connectivity index (χ0) is 11.2. The van der Waals surface area contributed by atoms with Gasteiger partial charge in [0.1, 0.15) is 5.82 Å².